The van der Waals surface area contributed by atoms with Gasteiger partial charge in [-0.05, 0) is 55.3 Å². The molecule has 1 unspecified atom stereocenters. The van der Waals surface area contributed by atoms with Crippen LogP contribution in [0.2, 0.25) is 0 Å². The number of nitrogens with one attached hydrogen (secondary N) is 1. The van der Waals surface area contributed by atoms with Crippen molar-refractivity contribution in [3.8, 4) is 17.6 Å². The van der Waals surface area contributed by atoms with Gasteiger partial charge in [0, 0.05) is 28.9 Å². The maximum atomic E-state index is 13.4. The van der Waals surface area contributed by atoms with Gasteiger partial charge in [-0.2, -0.15) is 5.26 Å². The van der Waals surface area contributed by atoms with E-state index in [1.807, 2.05) is 0 Å². The Balaban J connectivity index is 1.46. The summed E-state index contributed by atoms with van der Waals surface area (Å²) in [5.74, 6) is -0.245. The zero-order valence-electron chi connectivity index (χ0n) is 22.1. The minimum atomic E-state index is -0.735. The van der Waals surface area contributed by atoms with E-state index >= 15 is 0 Å². The summed E-state index contributed by atoms with van der Waals surface area (Å²) in [5, 5.41) is 21.9. The smallest absolute Gasteiger partial charge is 0.234 e. The Kier molecular flexibility index (Phi) is 8.23. The van der Waals surface area contributed by atoms with E-state index in [9.17, 15) is 19.2 Å². The second-order valence-electron chi connectivity index (χ2n) is 9.12. The Hall–Kier alpha value is -4.41. The number of ether oxygens (including phenoxy) is 2. The van der Waals surface area contributed by atoms with E-state index in [1.54, 1.807) is 23.1 Å². The summed E-state index contributed by atoms with van der Waals surface area (Å²) >= 11 is 2.37. The zero-order chi connectivity index (χ0) is 29.1. The quantitative estimate of drug-likeness (QED) is 0.352. The van der Waals surface area contributed by atoms with E-state index in [4.69, 9.17) is 15.2 Å². The van der Waals surface area contributed by atoms with Crippen molar-refractivity contribution >= 4 is 45.6 Å². The van der Waals surface area contributed by atoms with Crippen LogP contribution >= 0.6 is 23.1 Å². The predicted octanol–water partition coefficient (Wildman–Crippen LogP) is 4.73. The number of carbonyl (C=O) groups excluding carboxylic acids is 2. The predicted molar refractivity (Wildman–Crippen MR) is 153 cm³/mol. The van der Waals surface area contributed by atoms with Gasteiger partial charge in [-0.1, -0.05) is 23.1 Å². The summed E-state index contributed by atoms with van der Waals surface area (Å²) in [6, 6.07) is 12.9. The van der Waals surface area contributed by atoms with Crippen molar-refractivity contribution in [2.45, 2.75) is 29.5 Å². The molecule has 2 aromatic carbocycles. The number of nitriles is 1. The van der Waals surface area contributed by atoms with Crippen molar-refractivity contribution < 1.29 is 23.5 Å². The maximum Gasteiger partial charge on any atom is 0.234 e. The molecule has 10 nitrogen and oxygen atoms in total. The second kappa shape index (κ2) is 12.0. The fourth-order valence-corrected chi connectivity index (χ4v) is 6.57. The molecule has 0 radical (unpaired) electrons. The number of Topliss-reactive ketones (excluding diaryl/α,β-unsaturated/α-hetero) is 1. The first-order valence-electron chi connectivity index (χ1n) is 12.5. The van der Waals surface area contributed by atoms with Crippen LogP contribution in [0.3, 0.4) is 0 Å². The molecule has 13 heteroatoms. The fourth-order valence-electron chi connectivity index (χ4n) is 4.89. The number of amides is 1. The summed E-state index contributed by atoms with van der Waals surface area (Å²) in [7, 11) is 3.06. The molecule has 1 amide bonds. The van der Waals surface area contributed by atoms with Crippen LogP contribution in [0.25, 0.3) is 0 Å². The van der Waals surface area contributed by atoms with Crippen molar-refractivity contribution in [2.75, 3.05) is 30.2 Å². The molecule has 0 bridgehead atoms. The standard InChI is InChI=1S/C28H25FN6O4S2/c1-38-17-10-11-22(39-2)18(12-17)24-19(13-30)26(31)35(20-4-3-5-21(36)25(20)24)27-33-34-28(41-27)40-14-23(37)32-16-8-6-15(29)7-9-16/h6-12,24H,3-5,14,31H2,1-2H3,(H,32,37). The van der Waals surface area contributed by atoms with Gasteiger partial charge in [-0.25, -0.2) is 4.39 Å². The summed E-state index contributed by atoms with van der Waals surface area (Å²) in [5.41, 5.74) is 9.05. The molecule has 1 aromatic heterocycles. The van der Waals surface area contributed by atoms with E-state index < -0.39 is 11.7 Å². The fraction of sp³-hybridized carbons (Fsp3) is 0.250. The number of ketones is 1. The SMILES string of the molecule is COc1ccc(OC)c(C2C(C#N)=C(N)N(c3nnc(SCC(=O)Nc4ccc(F)cc4)s3)C3=C2C(=O)CCC3)c1. The number of thioether (sulfide) groups is 1. The molecule has 0 spiro atoms. The number of benzene rings is 2. The van der Waals surface area contributed by atoms with Crippen LogP contribution in [-0.2, 0) is 9.59 Å². The number of rotatable bonds is 8. The molecule has 5 rings (SSSR count). The Labute approximate surface area is 243 Å². The van der Waals surface area contributed by atoms with Crippen molar-refractivity contribution in [3.63, 3.8) is 0 Å². The van der Waals surface area contributed by atoms with Gasteiger partial charge in [0.15, 0.2) is 10.1 Å². The highest BCUT2D eigenvalue weighted by Gasteiger charge is 2.42. The van der Waals surface area contributed by atoms with Crippen molar-refractivity contribution in [3.05, 3.63) is 76.5 Å². The van der Waals surface area contributed by atoms with E-state index in [2.05, 4.69) is 21.6 Å². The van der Waals surface area contributed by atoms with Crippen LogP contribution in [0, 0.1) is 17.1 Å². The van der Waals surface area contributed by atoms with Crippen molar-refractivity contribution in [1.82, 2.24) is 10.2 Å². The average Bonchev–Trinajstić information content (AvgIpc) is 3.45. The third-order valence-electron chi connectivity index (χ3n) is 6.70. The van der Waals surface area contributed by atoms with Gasteiger partial charge in [-0.3, -0.25) is 14.5 Å². The monoisotopic (exact) mass is 592 g/mol. The average molecular weight is 593 g/mol. The number of methoxy groups -OCH3 is 2. The van der Waals surface area contributed by atoms with Gasteiger partial charge < -0.3 is 20.5 Å². The number of hydrogen-bond donors (Lipinski definition) is 2. The van der Waals surface area contributed by atoms with Gasteiger partial charge in [0.1, 0.15) is 23.1 Å². The Bertz CT molecular complexity index is 1610. The van der Waals surface area contributed by atoms with Gasteiger partial charge in [0.2, 0.25) is 11.0 Å². The number of halogens is 1. The Morgan fingerprint density at radius 2 is 2.00 bits per heavy atom. The molecule has 2 aliphatic rings. The number of hydrogen-bond acceptors (Lipinski definition) is 11. The van der Waals surface area contributed by atoms with Gasteiger partial charge >= 0.3 is 0 Å². The van der Waals surface area contributed by atoms with Crippen LogP contribution in [0.5, 0.6) is 11.5 Å². The third-order valence-corrected chi connectivity index (χ3v) is 8.74. The molecule has 1 atom stereocenters. The number of carbonyl (C=O) groups is 2. The lowest BCUT2D eigenvalue weighted by molar-refractivity contribution is -0.116. The first kappa shape index (κ1) is 28.1. The molecule has 210 valence electrons. The van der Waals surface area contributed by atoms with Crippen LogP contribution < -0.4 is 25.4 Å². The largest absolute Gasteiger partial charge is 0.497 e. The van der Waals surface area contributed by atoms with Crippen LogP contribution in [0.4, 0.5) is 15.2 Å². The molecule has 1 aliphatic heterocycles. The third kappa shape index (κ3) is 5.61. The highest BCUT2D eigenvalue weighted by Crippen LogP contribution is 2.49. The van der Waals surface area contributed by atoms with Gasteiger partial charge in [0.25, 0.3) is 0 Å². The highest BCUT2D eigenvalue weighted by atomic mass is 32.2. The molecule has 3 N–H and O–H groups in total. The molecular weight excluding hydrogens is 567 g/mol. The minimum Gasteiger partial charge on any atom is -0.497 e. The highest BCUT2D eigenvalue weighted by molar-refractivity contribution is 8.01. The molecule has 1 aliphatic carbocycles. The van der Waals surface area contributed by atoms with Gasteiger partial charge in [0.05, 0.1) is 37.5 Å². The zero-order valence-corrected chi connectivity index (χ0v) is 23.8. The molecule has 0 saturated carbocycles. The van der Waals surface area contributed by atoms with Crippen LogP contribution in [-0.4, -0.2) is 41.9 Å². The normalized spacial score (nSPS) is 16.8. The second-order valence-corrected chi connectivity index (χ2v) is 11.3. The number of aromatic nitrogens is 2. The summed E-state index contributed by atoms with van der Waals surface area (Å²) in [6.07, 6.45) is 1.51. The summed E-state index contributed by atoms with van der Waals surface area (Å²) in [4.78, 5) is 27.5. The van der Waals surface area contributed by atoms with E-state index in [-0.39, 0.29) is 28.8 Å². The molecular formula is C28H25FN6O4S2. The molecule has 2 heterocycles. The molecule has 41 heavy (non-hydrogen) atoms. The number of anilines is 2. The first-order valence-corrected chi connectivity index (χ1v) is 14.3. The van der Waals surface area contributed by atoms with E-state index in [1.165, 1.54) is 61.6 Å². The lowest BCUT2D eigenvalue weighted by atomic mass is 9.75. The van der Waals surface area contributed by atoms with Crippen molar-refractivity contribution in [1.29, 1.82) is 5.26 Å². The molecule has 3 aromatic rings. The molecule has 0 fully saturated rings. The van der Waals surface area contributed by atoms with E-state index in [0.717, 1.165) is 0 Å². The van der Waals surface area contributed by atoms with Crippen LogP contribution in [0.1, 0.15) is 30.7 Å². The molecule has 0 saturated heterocycles. The minimum absolute atomic E-state index is 0.0465. The first-order chi connectivity index (χ1) is 19.8. The number of nitrogens with two attached hydrogens (primary N) is 1. The lowest BCUT2D eigenvalue weighted by Gasteiger charge is -2.38. The van der Waals surface area contributed by atoms with Crippen molar-refractivity contribution in [2.24, 2.45) is 5.73 Å². The summed E-state index contributed by atoms with van der Waals surface area (Å²) < 4.78 is 24.6. The Morgan fingerprint density at radius 1 is 1.22 bits per heavy atom. The van der Waals surface area contributed by atoms with Crippen LogP contribution in [0.15, 0.2) is 69.5 Å². The number of allylic oxidation sites excluding steroid dienone is 3. The Morgan fingerprint density at radius 3 is 2.71 bits per heavy atom. The summed E-state index contributed by atoms with van der Waals surface area (Å²) in [6.45, 7) is 0. The lowest BCUT2D eigenvalue weighted by Crippen LogP contribution is -2.38. The topological polar surface area (TPSA) is 143 Å². The van der Waals surface area contributed by atoms with Gasteiger partial charge in [-0.15, -0.1) is 10.2 Å². The maximum absolute atomic E-state index is 13.4. The number of nitrogens with zero attached hydrogens (tertiary/aromatic N) is 4. The van der Waals surface area contributed by atoms with E-state index in [0.29, 0.717) is 62.8 Å².